The van der Waals surface area contributed by atoms with Gasteiger partial charge in [0, 0.05) is 37.6 Å². The molecule has 0 aliphatic heterocycles. The molecule has 0 saturated heterocycles. The minimum Gasteiger partial charge on any atom is -0.490 e. The third-order valence-corrected chi connectivity index (χ3v) is 4.51. The summed E-state index contributed by atoms with van der Waals surface area (Å²) in [6.07, 6.45) is 8.87. The van der Waals surface area contributed by atoms with Crippen LogP contribution in [0.15, 0.2) is 48.8 Å². The maximum absolute atomic E-state index is 9.40. The zero-order valence-electron chi connectivity index (χ0n) is 14.1. The monoisotopic (exact) mass is 326 g/mol. The Morgan fingerprint density at radius 3 is 2.67 bits per heavy atom. The molecule has 1 aliphatic rings. The van der Waals surface area contributed by atoms with Gasteiger partial charge in [-0.3, -0.25) is 9.88 Å². The molecule has 0 atom stereocenters. The van der Waals surface area contributed by atoms with E-state index in [1.54, 1.807) is 6.20 Å². The molecular weight excluding hydrogens is 300 g/mol. The largest absolute Gasteiger partial charge is 0.490 e. The number of aliphatic hydroxyl groups excluding tert-OH is 1. The maximum atomic E-state index is 9.40. The molecule has 1 fully saturated rings. The van der Waals surface area contributed by atoms with Crippen molar-refractivity contribution in [3.8, 4) is 5.75 Å². The van der Waals surface area contributed by atoms with E-state index in [0.29, 0.717) is 12.6 Å². The van der Waals surface area contributed by atoms with Crippen molar-refractivity contribution in [1.29, 1.82) is 0 Å². The van der Waals surface area contributed by atoms with Crippen LogP contribution in [-0.2, 0) is 13.1 Å². The number of aromatic nitrogens is 1. The van der Waals surface area contributed by atoms with Crippen molar-refractivity contribution in [3.63, 3.8) is 0 Å². The number of hydrogen-bond acceptors (Lipinski definition) is 4. The van der Waals surface area contributed by atoms with Crippen LogP contribution >= 0.6 is 0 Å². The number of benzene rings is 1. The Morgan fingerprint density at radius 2 is 1.92 bits per heavy atom. The van der Waals surface area contributed by atoms with Crippen LogP contribution in [0.3, 0.4) is 0 Å². The SMILES string of the molecule is OCCN(Cc1cccnc1)Cc1ccccc1OC1CCCC1. The van der Waals surface area contributed by atoms with Crippen molar-refractivity contribution in [2.24, 2.45) is 0 Å². The van der Waals surface area contributed by atoms with Crippen LogP contribution in [0.5, 0.6) is 5.75 Å². The van der Waals surface area contributed by atoms with Gasteiger partial charge in [0.05, 0.1) is 12.7 Å². The Kier molecular flexibility index (Phi) is 6.21. The number of hydrogen-bond donors (Lipinski definition) is 1. The van der Waals surface area contributed by atoms with Crippen LogP contribution in [0.4, 0.5) is 0 Å². The molecule has 128 valence electrons. The first-order valence-electron chi connectivity index (χ1n) is 8.82. The van der Waals surface area contributed by atoms with Gasteiger partial charge in [0.25, 0.3) is 0 Å². The van der Waals surface area contributed by atoms with E-state index >= 15 is 0 Å². The molecule has 1 aliphatic carbocycles. The highest BCUT2D eigenvalue weighted by molar-refractivity contribution is 5.33. The molecule has 1 saturated carbocycles. The number of nitrogens with zero attached hydrogens (tertiary/aromatic N) is 2. The second-order valence-corrected chi connectivity index (χ2v) is 6.43. The third-order valence-electron chi connectivity index (χ3n) is 4.51. The first-order valence-corrected chi connectivity index (χ1v) is 8.82. The summed E-state index contributed by atoms with van der Waals surface area (Å²) in [4.78, 5) is 6.41. The van der Waals surface area contributed by atoms with E-state index < -0.39 is 0 Å². The van der Waals surface area contributed by atoms with Crippen LogP contribution < -0.4 is 4.74 Å². The molecule has 2 aromatic rings. The highest BCUT2D eigenvalue weighted by atomic mass is 16.5. The molecule has 0 spiro atoms. The van der Waals surface area contributed by atoms with Crippen LogP contribution in [0.1, 0.15) is 36.8 Å². The molecule has 0 bridgehead atoms. The molecule has 1 N–H and O–H groups in total. The van der Waals surface area contributed by atoms with Crippen molar-refractivity contribution in [1.82, 2.24) is 9.88 Å². The standard InChI is InChI=1S/C20H26N2O2/c23-13-12-22(15-17-6-5-11-21-14-17)16-18-7-1-4-10-20(18)24-19-8-2-3-9-19/h1,4-7,10-11,14,19,23H,2-3,8-9,12-13,15-16H2. The fourth-order valence-corrected chi connectivity index (χ4v) is 3.28. The van der Waals surface area contributed by atoms with Gasteiger partial charge in [-0.15, -0.1) is 0 Å². The van der Waals surface area contributed by atoms with Gasteiger partial charge in [0.2, 0.25) is 0 Å². The maximum Gasteiger partial charge on any atom is 0.124 e. The fourth-order valence-electron chi connectivity index (χ4n) is 3.28. The summed E-state index contributed by atoms with van der Waals surface area (Å²) >= 11 is 0. The second-order valence-electron chi connectivity index (χ2n) is 6.43. The van der Waals surface area contributed by atoms with Crippen molar-refractivity contribution in [3.05, 3.63) is 59.9 Å². The Hall–Kier alpha value is -1.91. The molecule has 0 unspecified atom stereocenters. The van der Waals surface area contributed by atoms with Crippen molar-refractivity contribution in [2.75, 3.05) is 13.2 Å². The quantitative estimate of drug-likeness (QED) is 0.807. The van der Waals surface area contributed by atoms with Crippen LogP contribution in [0, 0.1) is 0 Å². The zero-order chi connectivity index (χ0) is 16.6. The summed E-state index contributed by atoms with van der Waals surface area (Å²) in [5, 5.41) is 9.40. The minimum atomic E-state index is 0.145. The van der Waals surface area contributed by atoms with Crippen molar-refractivity contribution < 1.29 is 9.84 Å². The van der Waals surface area contributed by atoms with E-state index in [-0.39, 0.29) is 6.61 Å². The number of para-hydroxylation sites is 1. The lowest BCUT2D eigenvalue weighted by molar-refractivity contribution is 0.175. The molecular formula is C20H26N2O2. The highest BCUT2D eigenvalue weighted by Crippen LogP contribution is 2.27. The van der Waals surface area contributed by atoms with E-state index in [0.717, 1.165) is 37.2 Å². The van der Waals surface area contributed by atoms with Crippen LogP contribution in [0.2, 0.25) is 0 Å². The molecule has 24 heavy (non-hydrogen) atoms. The lowest BCUT2D eigenvalue weighted by Crippen LogP contribution is -2.26. The van der Waals surface area contributed by atoms with E-state index in [9.17, 15) is 5.11 Å². The Labute approximate surface area is 144 Å². The smallest absolute Gasteiger partial charge is 0.124 e. The molecule has 1 heterocycles. The van der Waals surface area contributed by atoms with E-state index in [4.69, 9.17) is 4.74 Å². The number of ether oxygens (including phenoxy) is 1. The van der Waals surface area contributed by atoms with Gasteiger partial charge >= 0.3 is 0 Å². The lowest BCUT2D eigenvalue weighted by atomic mass is 10.1. The van der Waals surface area contributed by atoms with Gasteiger partial charge in [0.15, 0.2) is 0 Å². The summed E-state index contributed by atoms with van der Waals surface area (Å²) in [7, 11) is 0. The number of aliphatic hydroxyl groups is 1. The van der Waals surface area contributed by atoms with Crippen LogP contribution in [0.25, 0.3) is 0 Å². The second kappa shape index (κ2) is 8.81. The summed E-state index contributed by atoms with van der Waals surface area (Å²) in [6, 6.07) is 12.3. The first kappa shape index (κ1) is 16.9. The van der Waals surface area contributed by atoms with Crippen molar-refractivity contribution in [2.45, 2.75) is 44.9 Å². The molecule has 1 aromatic heterocycles. The molecule has 4 heteroatoms. The summed E-state index contributed by atoms with van der Waals surface area (Å²) in [5.41, 5.74) is 2.34. The minimum absolute atomic E-state index is 0.145. The number of rotatable bonds is 8. The van der Waals surface area contributed by atoms with Gasteiger partial charge < -0.3 is 9.84 Å². The highest BCUT2D eigenvalue weighted by Gasteiger charge is 2.18. The summed E-state index contributed by atoms with van der Waals surface area (Å²) in [5.74, 6) is 0.985. The van der Waals surface area contributed by atoms with Crippen LogP contribution in [-0.4, -0.2) is 34.2 Å². The first-order chi connectivity index (χ1) is 11.8. The third kappa shape index (κ3) is 4.79. The molecule has 4 nitrogen and oxygen atoms in total. The van der Waals surface area contributed by atoms with Crippen molar-refractivity contribution >= 4 is 0 Å². The Balaban J connectivity index is 1.69. The predicted molar refractivity (Wildman–Crippen MR) is 94.8 cm³/mol. The van der Waals surface area contributed by atoms with Gasteiger partial charge in [0.1, 0.15) is 5.75 Å². The molecule has 1 aromatic carbocycles. The van der Waals surface area contributed by atoms with E-state index in [1.807, 2.05) is 18.3 Å². The molecule has 3 rings (SSSR count). The average molecular weight is 326 g/mol. The molecule has 0 radical (unpaired) electrons. The van der Waals surface area contributed by atoms with Gasteiger partial charge in [-0.05, 0) is 43.4 Å². The van der Waals surface area contributed by atoms with Gasteiger partial charge in [-0.1, -0.05) is 24.3 Å². The number of pyridine rings is 1. The van der Waals surface area contributed by atoms with E-state index in [1.165, 1.54) is 18.4 Å². The zero-order valence-corrected chi connectivity index (χ0v) is 14.1. The van der Waals surface area contributed by atoms with E-state index in [2.05, 4.69) is 34.1 Å². The molecule has 0 amide bonds. The Morgan fingerprint density at radius 1 is 1.08 bits per heavy atom. The predicted octanol–water partition coefficient (Wildman–Crippen LogP) is 3.40. The Bertz CT molecular complexity index is 612. The fraction of sp³-hybridized carbons (Fsp3) is 0.450. The summed E-state index contributed by atoms with van der Waals surface area (Å²) in [6.45, 7) is 2.31. The lowest BCUT2D eigenvalue weighted by Gasteiger charge is -2.24. The summed E-state index contributed by atoms with van der Waals surface area (Å²) < 4.78 is 6.23. The van der Waals surface area contributed by atoms with Gasteiger partial charge in [-0.25, -0.2) is 0 Å². The average Bonchev–Trinajstić information content (AvgIpc) is 3.11. The topological polar surface area (TPSA) is 45.6 Å². The van der Waals surface area contributed by atoms with Gasteiger partial charge in [-0.2, -0.15) is 0 Å². The normalized spacial score (nSPS) is 15.1.